The zero-order valence-corrected chi connectivity index (χ0v) is 13.0. The number of hydrogen-bond donors (Lipinski definition) is 2. The Hall–Kier alpha value is -3.49. The molecule has 0 fully saturated rings. The molecule has 2 heterocycles. The summed E-state index contributed by atoms with van der Waals surface area (Å²) in [5.41, 5.74) is 2.55. The van der Waals surface area contributed by atoms with Crippen molar-refractivity contribution in [1.29, 1.82) is 0 Å². The summed E-state index contributed by atoms with van der Waals surface area (Å²) < 4.78 is 1.91. The molecule has 0 aliphatic carbocycles. The minimum atomic E-state index is -0.780. The Kier molecular flexibility index (Phi) is 3.82. The number of rotatable bonds is 4. The number of hydrazone groups is 1. The lowest BCUT2D eigenvalue weighted by Crippen LogP contribution is -2.37. The molecule has 0 saturated carbocycles. The number of para-hydroxylation sites is 1. The Bertz CT molecular complexity index is 1070. The molecule has 2 N–H and O–H groups in total. The summed E-state index contributed by atoms with van der Waals surface area (Å²) in [4.78, 5) is 37.9. The molecule has 3 rings (SSSR count). The summed E-state index contributed by atoms with van der Waals surface area (Å²) in [5, 5.41) is 7.69. The molecule has 0 amide bonds. The predicted molar refractivity (Wildman–Crippen MR) is 91.9 cm³/mol. The van der Waals surface area contributed by atoms with Crippen molar-refractivity contribution in [1.82, 2.24) is 14.1 Å². The maximum absolute atomic E-state index is 11.9. The van der Waals surface area contributed by atoms with Crippen molar-refractivity contribution >= 4 is 28.6 Å². The monoisotopic (exact) mass is 326 g/mol. The number of fused-ring (bicyclic) bond motifs is 1. The summed E-state index contributed by atoms with van der Waals surface area (Å²) in [6, 6.07) is 7.67. The van der Waals surface area contributed by atoms with Crippen molar-refractivity contribution in [3.8, 4) is 0 Å². The molecule has 0 aliphatic heterocycles. The summed E-state index contributed by atoms with van der Waals surface area (Å²) in [7, 11) is 2.69. The normalized spacial score (nSPS) is 11.2. The van der Waals surface area contributed by atoms with Gasteiger partial charge in [0, 0.05) is 36.8 Å². The second kappa shape index (κ2) is 5.95. The maximum Gasteiger partial charge on any atom is 0.332 e. The van der Waals surface area contributed by atoms with Crippen LogP contribution in [0.25, 0.3) is 10.9 Å². The molecule has 0 saturated heterocycles. The molecule has 0 unspecified atom stereocenters. The van der Waals surface area contributed by atoms with Crippen LogP contribution in [-0.2, 0) is 14.1 Å². The Morgan fingerprint density at radius 2 is 1.92 bits per heavy atom. The van der Waals surface area contributed by atoms with Crippen molar-refractivity contribution in [2.75, 3.05) is 5.43 Å². The molecule has 9 heteroatoms. The van der Waals surface area contributed by atoms with Gasteiger partial charge in [0.2, 0.25) is 5.69 Å². The number of H-pyrrole nitrogens is 1. The standard InChI is InChI=1S/C15H14N6O3/c1-20-13(12(19-24)14(22)21(2)15(20)23)18-17-8-9-7-16-11-6-4-3-5-10(9)11/h3-8,16,18H,1-2H3/b17-8+. The van der Waals surface area contributed by atoms with Gasteiger partial charge in [-0.1, -0.05) is 18.2 Å². The molecule has 9 nitrogen and oxygen atoms in total. The number of nitrogens with one attached hydrogen (secondary N) is 2. The second-order valence-corrected chi connectivity index (χ2v) is 5.15. The largest absolute Gasteiger partial charge is 0.361 e. The number of aromatic amines is 1. The van der Waals surface area contributed by atoms with Gasteiger partial charge in [-0.15, -0.1) is 4.91 Å². The van der Waals surface area contributed by atoms with Crippen LogP contribution < -0.4 is 16.7 Å². The van der Waals surface area contributed by atoms with E-state index in [1.54, 1.807) is 6.20 Å². The molecule has 0 spiro atoms. The average Bonchev–Trinajstić information content (AvgIpc) is 3.01. The Morgan fingerprint density at radius 3 is 2.67 bits per heavy atom. The number of nitrogens with zero attached hydrogens (tertiary/aromatic N) is 4. The van der Waals surface area contributed by atoms with Gasteiger partial charge in [-0.3, -0.25) is 19.4 Å². The maximum atomic E-state index is 11.9. The van der Waals surface area contributed by atoms with Gasteiger partial charge in [-0.2, -0.15) is 5.10 Å². The number of aromatic nitrogens is 3. The fraction of sp³-hybridized carbons (Fsp3) is 0.133. The van der Waals surface area contributed by atoms with Crippen LogP contribution in [-0.4, -0.2) is 20.3 Å². The fourth-order valence-corrected chi connectivity index (χ4v) is 2.40. The molecule has 2 aromatic heterocycles. The quantitative estimate of drug-likeness (QED) is 0.428. The lowest BCUT2D eigenvalue weighted by Gasteiger charge is -2.09. The molecule has 3 aromatic rings. The van der Waals surface area contributed by atoms with Crippen LogP contribution in [0, 0.1) is 4.91 Å². The number of nitroso groups, excluding NO2 is 1. The highest BCUT2D eigenvalue weighted by molar-refractivity contribution is 5.99. The molecule has 1 aromatic carbocycles. The molecular formula is C15H14N6O3. The van der Waals surface area contributed by atoms with Crippen molar-refractivity contribution in [2.45, 2.75) is 0 Å². The average molecular weight is 326 g/mol. The van der Waals surface area contributed by atoms with Crippen molar-refractivity contribution < 1.29 is 0 Å². The van der Waals surface area contributed by atoms with E-state index in [0.717, 1.165) is 25.6 Å². The molecule has 122 valence electrons. The van der Waals surface area contributed by atoms with Gasteiger partial charge in [-0.25, -0.2) is 4.79 Å². The molecular weight excluding hydrogens is 312 g/mol. The second-order valence-electron chi connectivity index (χ2n) is 5.15. The van der Waals surface area contributed by atoms with E-state index >= 15 is 0 Å². The lowest BCUT2D eigenvalue weighted by molar-refractivity contribution is 0.691. The minimum absolute atomic E-state index is 0.0609. The minimum Gasteiger partial charge on any atom is -0.361 e. The van der Waals surface area contributed by atoms with Crippen LogP contribution in [0.4, 0.5) is 11.5 Å². The highest BCUT2D eigenvalue weighted by atomic mass is 16.3. The van der Waals surface area contributed by atoms with Crippen LogP contribution in [0.5, 0.6) is 0 Å². The first-order valence-corrected chi connectivity index (χ1v) is 7.03. The molecule has 0 atom stereocenters. The van der Waals surface area contributed by atoms with Gasteiger partial charge in [0.15, 0.2) is 5.82 Å². The first-order valence-electron chi connectivity index (χ1n) is 7.03. The Morgan fingerprint density at radius 1 is 1.17 bits per heavy atom. The van der Waals surface area contributed by atoms with Crippen molar-refractivity contribution in [3.63, 3.8) is 0 Å². The van der Waals surface area contributed by atoms with Crippen LogP contribution in [0.1, 0.15) is 5.56 Å². The third-order valence-electron chi connectivity index (χ3n) is 3.73. The number of benzene rings is 1. The van der Waals surface area contributed by atoms with E-state index < -0.39 is 16.9 Å². The van der Waals surface area contributed by atoms with Gasteiger partial charge < -0.3 is 4.98 Å². The van der Waals surface area contributed by atoms with Gasteiger partial charge in [0.25, 0.3) is 5.56 Å². The van der Waals surface area contributed by atoms with E-state index in [9.17, 15) is 14.5 Å². The van der Waals surface area contributed by atoms with E-state index in [-0.39, 0.29) is 5.82 Å². The fourth-order valence-electron chi connectivity index (χ4n) is 2.40. The first-order chi connectivity index (χ1) is 11.5. The zero-order valence-electron chi connectivity index (χ0n) is 13.0. The van der Waals surface area contributed by atoms with E-state index in [4.69, 9.17) is 0 Å². The third-order valence-corrected chi connectivity index (χ3v) is 3.73. The van der Waals surface area contributed by atoms with Crippen LogP contribution in [0.2, 0.25) is 0 Å². The number of anilines is 1. The summed E-state index contributed by atoms with van der Waals surface area (Å²) in [6.07, 6.45) is 3.30. The van der Waals surface area contributed by atoms with E-state index in [1.807, 2.05) is 24.3 Å². The van der Waals surface area contributed by atoms with E-state index in [0.29, 0.717) is 0 Å². The highest BCUT2D eigenvalue weighted by Crippen LogP contribution is 2.18. The SMILES string of the molecule is Cn1c(N/N=C/c2c[nH]c3ccccc23)c(N=O)c(=O)n(C)c1=O. The molecule has 0 aliphatic rings. The third kappa shape index (κ3) is 2.41. The van der Waals surface area contributed by atoms with Gasteiger partial charge >= 0.3 is 5.69 Å². The van der Waals surface area contributed by atoms with E-state index in [1.165, 1.54) is 20.3 Å². The van der Waals surface area contributed by atoms with Gasteiger partial charge in [0.1, 0.15) is 0 Å². The summed E-state index contributed by atoms with van der Waals surface area (Å²) in [6.45, 7) is 0. The highest BCUT2D eigenvalue weighted by Gasteiger charge is 2.15. The predicted octanol–water partition coefficient (Wildman–Crippen LogP) is 1.41. The Balaban J connectivity index is 1.99. The Labute approximate surface area is 135 Å². The van der Waals surface area contributed by atoms with Gasteiger partial charge in [0.05, 0.1) is 6.21 Å². The van der Waals surface area contributed by atoms with Gasteiger partial charge in [-0.05, 0) is 11.2 Å². The van der Waals surface area contributed by atoms with Crippen LogP contribution in [0.15, 0.2) is 50.3 Å². The number of hydrogen-bond acceptors (Lipinski definition) is 6. The van der Waals surface area contributed by atoms with Crippen molar-refractivity contribution in [3.05, 3.63) is 61.8 Å². The molecule has 0 bridgehead atoms. The van der Waals surface area contributed by atoms with Crippen LogP contribution in [0.3, 0.4) is 0 Å². The summed E-state index contributed by atoms with van der Waals surface area (Å²) >= 11 is 0. The van der Waals surface area contributed by atoms with E-state index in [2.05, 4.69) is 20.7 Å². The molecule has 24 heavy (non-hydrogen) atoms. The smallest absolute Gasteiger partial charge is 0.332 e. The lowest BCUT2D eigenvalue weighted by atomic mass is 10.2. The van der Waals surface area contributed by atoms with Crippen LogP contribution >= 0.6 is 0 Å². The van der Waals surface area contributed by atoms with Crippen molar-refractivity contribution in [2.24, 2.45) is 24.4 Å². The topological polar surface area (TPSA) is 114 Å². The first kappa shape index (κ1) is 15.4. The zero-order chi connectivity index (χ0) is 17.3. The summed E-state index contributed by atoms with van der Waals surface area (Å²) in [5.74, 6) is -0.0609. The molecule has 0 radical (unpaired) electrons.